The van der Waals surface area contributed by atoms with Gasteiger partial charge < -0.3 is 30.2 Å². The van der Waals surface area contributed by atoms with Crippen LogP contribution in [0.4, 0.5) is 11.4 Å². The number of nitrogens with one attached hydrogen (secondary N) is 3. The second-order valence-electron chi connectivity index (χ2n) is 11.6. The number of nitrogens with zero attached hydrogens (tertiary/aromatic N) is 5. The average Bonchev–Trinajstić information content (AvgIpc) is 3.51. The van der Waals surface area contributed by atoms with Crippen molar-refractivity contribution in [3.05, 3.63) is 81.4 Å². The quantitative estimate of drug-likeness (QED) is 0.249. The van der Waals surface area contributed by atoms with E-state index in [1.54, 1.807) is 13.0 Å². The van der Waals surface area contributed by atoms with E-state index >= 15 is 0 Å². The lowest BCUT2D eigenvalue weighted by atomic mass is 9.98. The molecule has 0 spiro atoms. The summed E-state index contributed by atoms with van der Waals surface area (Å²) < 4.78 is 3.71. The van der Waals surface area contributed by atoms with Crippen molar-refractivity contribution in [3.63, 3.8) is 0 Å². The predicted octanol–water partition coefficient (Wildman–Crippen LogP) is 3.67. The summed E-state index contributed by atoms with van der Waals surface area (Å²) in [7, 11) is 3.73. The molecule has 4 heterocycles. The van der Waals surface area contributed by atoms with Crippen molar-refractivity contribution in [3.8, 4) is 11.1 Å². The number of amides is 2. The first-order valence-electron chi connectivity index (χ1n) is 14.8. The monoisotopic (exact) mass is 616 g/mol. The zero-order chi connectivity index (χ0) is 31.1. The summed E-state index contributed by atoms with van der Waals surface area (Å²) in [4.78, 5) is 38.1. The van der Waals surface area contributed by atoms with Gasteiger partial charge in [-0.05, 0) is 37.1 Å². The second-order valence-corrected chi connectivity index (χ2v) is 12.0. The Morgan fingerprint density at radius 2 is 1.57 bits per heavy atom. The van der Waals surface area contributed by atoms with Gasteiger partial charge in [0.15, 0.2) is 11.6 Å². The highest BCUT2D eigenvalue weighted by Gasteiger charge is 2.27. The van der Waals surface area contributed by atoms with Crippen LogP contribution in [0.2, 0.25) is 5.02 Å². The number of aliphatic hydroxyl groups is 1. The summed E-state index contributed by atoms with van der Waals surface area (Å²) in [6, 6.07) is 11.1. The minimum Gasteiger partial charge on any atom is -0.392 e. The van der Waals surface area contributed by atoms with E-state index in [0.717, 1.165) is 65.4 Å². The van der Waals surface area contributed by atoms with E-state index in [4.69, 9.17) is 11.6 Å². The Kier molecular flexibility index (Phi) is 8.30. The number of aromatic nitrogens is 4. The van der Waals surface area contributed by atoms with Crippen LogP contribution in [-0.2, 0) is 40.0 Å². The maximum absolute atomic E-state index is 13.5. The SMILES string of the molecule is Cc1c(NC(=O)c2nc3c(n2C)CCN(C[C@@H](C)O)C3)cccc1-c1cccc(NC(=O)c2nc3c(n2C)CCNC3)c1Cl. The fraction of sp³-hybridized carbons (Fsp3) is 0.375. The molecule has 4 N–H and O–H groups in total. The zero-order valence-electron chi connectivity index (χ0n) is 25.4. The zero-order valence-corrected chi connectivity index (χ0v) is 26.1. The lowest BCUT2D eigenvalue weighted by Gasteiger charge is -2.27. The summed E-state index contributed by atoms with van der Waals surface area (Å²) in [5, 5.41) is 19.5. The molecule has 0 saturated heterocycles. The molecule has 12 heteroatoms. The Hall–Kier alpha value is -4.03. The van der Waals surface area contributed by atoms with E-state index in [2.05, 4.69) is 30.8 Å². The van der Waals surface area contributed by atoms with Crippen molar-refractivity contribution in [2.45, 2.75) is 45.9 Å². The number of fused-ring (bicyclic) bond motifs is 2. The molecule has 0 bridgehead atoms. The van der Waals surface area contributed by atoms with Crippen LogP contribution in [-0.4, -0.2) is 66.7 Å². The molecule has 2 aliphatic rings. The highest BCUT2D eigenvalue weighted by atomic mass is 35.5. The average molecular weight is 617 g/mol. The molecule has 0 radical (unpaired) electrons. The highest BCUT2D eigenvalue weighted by Crippen LogP contribution is 2.37. The number of β-amino-alcohol motifs (C(OH)–C–C–N with tert-alkyl or cyclic N) is 1. The molecule has 2 aliphatic heterocycles. The summed E-state index contributed by atoms with van der Waals surface area (Å²) in [5.41, 5.74) is 7.36. The molecule has 2 aromatic carbocycles. The number of hydrogen-bond acceptors (Lipinski definition) is 7. The van der Waals surface area contributed by atoms with Gasteiger partial charge in [0, 0.05) is 82.3 Å². The van der Waals surface area contributed by atoms with E-state index in [-0.39, 0.29) is 11.8 Å². The van der Waals surface area contributed by atoms with Crippen LogP contribution in [0, 0.1) is 6.92 Å². The molecule has 0 fully saturated rings. The van der Waals surface area contributed by atoms with Gasteiger partial charge in [-0.3, -0.25) is 14.5 Å². The van der Waals surface area contributed by atoms with Crippen LogP contribution in [0.25, 0.3) is 11.1 Å². The maximum atomic E-state index is 13.5. The predicted molar refractivity (Wildman–Crippen MR) is 170 cm³/mol. The molecule has 11 nitrogen and oxygen atoms in total. The molecule has 0 aliphatic carbocycles. The van der Waals surface area contributed by atoms with Crippen LogP contribution in [0.5, 0.6) is 0 Å². The van der Waals surface area contributed by atoms with Crippen LogP contribution in [0.15, 0.2) is 36.4 Å². The van der Waals surface area contributed by atoms with Crippen LogP contribution < -0.4 is 16.0 Å². The summed E-state index contributed by atoms with van der Waals surface area (Å²) in [5.74, 6) is 0.0515. The number of carbonyl (C=O) groups is 2. The molecule has 230 valence electrons. The van der Waals surface area contributed by atoms with Gasteiger partial charge in [-0.15, -0.1) is 0 Å². The number of halogens is 1. The number of hydrogen-bond donors (Lipinski definition) is 4. The van der Waals surface area contributed by atoms with E-state index in [9.17, 15) is 14.7 Å². The number of imidazole rings is 2. The molecule has 2 amide bonds. The van der Waals surface area contributed by atoms with Gasteiger partial charge in [0.1, 0.15) is 0 Å². The van der Waals surface area contributed by atoms with E-state index < -0.39 is 6.10 Å². The largest absolute Gasteiger partial charge is 0.392 e. The van der Waals surface area contributed by atoms with Gasteiger partial charge in [-0.1, -0.05) is 35.9 Å². The highest BCUT2D eigenvalue weighted by molar-refractivity contribution is 6.36. The smallest absolute Gasteiger partial charge is 0.291 e. The van der Waals surface area contributed by atoms with Gasteiger partial charge >= 0.3 is 0 Å². The molecule has 1 atom stereocenters. The molecular weight excluding hydrogens is 580 g/mol. The van der Waals surface area contributed by atoms with E-state index in [1.165, 1.54) is 0 Å². The Bertz CT molecular complexity index is 1760. The van der Waals surface area contributed by atoms with Crippen molar-refractivity contribution in [1.82, 2.24) is 29.3 Å². The second kappa shape index (κ2) is 12.2. The van der Waals surface area contributed by atoms with Crippen LogP contribution in [0.3, 0.4) is 0 Å². The van der Waals surface area contributed by atoms with Gasteiger partial charge in [-0.25, -0.2) is 9.97 Å². The number of aliphatic hydroxyl groups excluding tert-OH is 1. The van der Waals surface area contributed by atoms with Crippen LogP contribution >= 0.6 is 11.6 Å². The number of benzene rings is 2. The molecule has 4 aromatic rings. The van der Waals surface area contributed by atoms with Crippen LogP contribution in [0.1, 0.15) is 56.5 Å². The number of rotatable bonds is 7. The molecule has 6 rings (SSSR count). The fourth-order valence-electron chi connectivity index (χ4n) is 6.23. The molecule has 0 saturated carbocycles. The first-order chi connectivity index (χ1) is 21.1. The molecule has 0 unspecified atom stereocenters. The molecule has 44 heavy (non-hydrogen) atoms. The van der Waals surface area contributed by atoms with Gasteiger partial charge in [0.25, 0.3) is 11.8 Å². The minimum atomic E-state index is -0.424. The third-order valence-corrected chi connectivity index (χ3v) is 8.92. The van der Waals surface area contributed by atoms with Gasteiger partial charge in [0.2, 0.25) is 0 Å². The van der Waals surface area contributed by atoms with E-state index in [1.807, 2.05) is 60.5 Å². The van der Waals surface area contributed by atoms with Crippen molar-refractivity contribution in [1.29, 1.82) is 0 Å². The summed E-state index contributed by atoms with van der Waals surface area (Å²) >= 11 is 6.89. The van der Waals surface area contributed by atoms with Crippen molar-refractivity contribution >= 4 is 34.8 Å². The van der Waals surface area contributed by atoms with E-state index in [0.29, 0.717) is 47.7 Å². The normalized spacial score (nSPS) is 15.4. The Balaban J connectivity index is 1.22. The molecule has 2 aromatic heterocycles. The first-order valence-corrected chi connectivity index (χ1v) is 15.2. The summed E-state index contributed by atoms with van der Waals surface area (Å²) in [6.45, 7) is 7.17. The standard InChI is InChI=1S/C32H37ClN8O3/c1-18(42)16-41-14-12-27-25(17-41)36-30(40(27)4)31(43)37-22-9-5-7-20(19(22)2)21-8-6-10-23(28(21)33)38-32(44)29-35-24-15-34-13-11-26(24)39(29)3/h5-10,18,34,42H,11-17H2,1-4H3,(H,37,43)(H,38,44)/t18-/m1/s1. The lowest BCUT2D eigenvalue weighted by Crippen LogP contribution is -2.36. The number of carbonyl (C=O) groups excluding carboxylic acids is 2. The Morgan fingerprint density at radius 3 is 2.25 bits per heavy atom. The first kappa shape index (κ1) is 30.0. The third-order valence-electron chi connectivity index (χ3n) is 8.51. The lowest BCUT2D eigenvalue weighted by molar-refractivity contribution is 0.100. The van der Waals surface area contributed by atoms with Gasteiger partial charge in [-0.2, -0.15) is 0 Å². The number of anilines is 2. The van der Waals surface area contributed by atoms with Crippen molar-refractivity contribution < 1.29 is 14.7 Å². The Morgan fingerprint density at radius 1 is 0.955 bits per heavy atom. The van der Waals surface area contributed by atoms with Crippen molar-refractivity contribution in [2.75, 3.05) is 30.3 Å². The third kappa shape index (κ3) is 5.63. The summed E-state index contributed by atoms with van der Waals surface area (Å²) in [6.07, 6.45) is 1.16. The maximum Gasteiger partial charge on any atom is 0.291 e. The molecular formula is C32H37ClN8O3. The minimum absolute atomic E-state index is 0.302. The fourth-order valence-corrected chi connectivity index (χ4v) is 6.50. The Labute approximate surface area is 261 Å². The topological polar surface area (TPSA) is 129 Å². The van der Waals surface area contributed by atoms with Crippen molar-refractivity contribution in [2.24, 2.45) is 14.1 Å². The van der Waals surface area contributed by atoms with Gasteiger partial charge in [0.05, 0.1) is 28.2 Å².